The van der Waals surface area contributed by atoms with Crippen LogP contribution in [0.5, 0.6) is 5.75 Å². The van der Waals surface area contributed by atoms with Crippen LogP contribution in [0.25, 0.3) is 0 Å². The summed E-state index contributed by atoms with van der Waals surface area (Å²) in [5.74, 6) is -0.749. The molecule has 1 aliphatic rings. The van der Waals surface area contributed by atoms with E-state index in [1.54, 1.807) is 18.2 Å². The van der Waals surface area contributed by atoms with Crippen molar-refractivity contribution in [3.63, 3.8) is 0 Å². The van der Waals surface area contributed by atoms with Gasteiger partial charge in [0, 0.05) is 38.1 Å². The number of sulfonamides is 1. The van der Waals surface area contributed by atoms with E-state index in [0.717, 1.165) is 11.3 Å². The van der Waals surface area contributed by atoms with Crippen LogP contribution >= 0.6 is 11.3 Å². The van der Waals surface area contributed by atoms with Gasteiger partial charge in [0.25, 0.3) is 10.0 Å². The van der Waals surface area contributed by atoms with Gasteiger partial charge in [-0.3, -0.25) is 4.90 Å². The number of para-hydroxylation sites is 1. The molecule has 0 unspecified atom stereocenters. The van der Waals surface area contributed by atoms with E-state index < -0.39 is 21.8 Å². The first-order chi connectivity index (χ1) is 13.4. The lowest BCUT2D eigenvalue weighted by Gasteiger charge is -2.33. The Labute approximate surface area is 167 Å². The average molecular weight is 429 g/mol. The van der Waals surface area contributed by atoms with Crippen molar-refractivity contribution in [2.24, 2.45) is 0 Å². The summed E-state index contributed by atoms with van der Waals surface area (Å²) in [4.78, 5) is 13.6. The molecule has 0 aliphatic carbocycles. The molecular weight excluding hydrogens is 407 g/mol. The van der Waals surface area contributed by atoms with Crippen LogP contribution in [0.1, 0.15) is 10.4 Å². The first kappa shape index (κ1) is 20.7. The van der Waals surface area contributed by atoms with Gasteiger partial charge in [-0.15, -0.1) is 11.3 Å². The normalized spacial score (nSPS) is 16.1. The molecule has 3 rings (SSSR count). The van der Waals surface area contributed by atoms with Crippen LogP contribution < -0.4 is 4.74 Å². The number of carbonyl (C=O) groups excluding carboxylic acids is 1. The van der Waals surface area contributed by atoms with Gasteiger partial charge in [0.1, 0.15) is 10.8 Å². The first-order valence-electron chi connectivity index (χ1n) is 8.68. The summed E-state index contributed by atoms with van der Waals surface area (Å²) < 4.78 is 50.6. The second-order valence-corrected chi connectivity index (χ2v) is 9.25. The molecule has 10 heteroatoms. The van der Waals surface area contributed by atoms with Crippen LogP contribution in [-0.4, -0.2) is 70.0 Å². The Morgan fingerprint density at radius 2 is 1.93 bits per heavy atom. The first-order valence-corrected chi connectivity index (χ1v) is 11.0. The van der Waals surface area contributed by atoms with E-state index in [2.05, 4.69) is 9.64 Å². The third-order valence-electron chi connectivity index (χ3n) is 4.42. The lowest BCUT2D eigenvalue weighted by Crippen LogP contribution is -2.49. The zero-order chi connectivity index (χ0) is 20.1. The number of piperazine rings is 1. The van der Waals surface area contributed by atoms with Gasteiger partial charge in [0.05, 0.1) is 12.7 Å². The van der Waals surface area contributed by atoms with Crippen molar-refractivity contribution >= 4 is 27.3 Å². The number of carbonyl (C=O) groups is 1. The molecular formula is C18H21FN2O5S2. The molecule has 0 radical (unpaired) electrons. The summed E-state index contributed by atoms with van der Waals surface area (Å²) in [6.45, 7) is 2.68. The second kappa shape index (κ2) is 8.99. The van der Waals surface area contributed by atoms with Gasteiger partial charge in [0.2, 0.25) is 0 Å². The van der Waals surface area contributed by atoms with Gasteiger partial charge in [-0.25, -0.2) is 17.6 Å². The highest BCUT2D eigenvalue weighted by molar-refractivity contribution is 7.91. The number of esters is 1. The molecule has 0 spiro atoms. The molecule has 28 heavy (non-hydrogen) atoms. The molecule has 0 bridgehead atoms. The molecule has 2 aromatic rings. The Kier molecular flexibility index (Phi) is 6.65. The van der Waals surface area contributed by atoms with Gasteiger partial charge in [-0.05, 0) is 18.2 Å². The maximum Gasteiger partial charge on any atom is 0.338 e. The monoisotopic (exact) mass is 428 g/mol. The Morgan fingerprint density at radius 3 is 2.61 bits per heavy atom. The van der Waals surface area contributed by atoms with Crippen LogP contribution in [0.2, 0.25) is 0 Å². The number of hydrogen-bond acceptors (Lipinski definition) is 7. The highest BCUT2D eigenvalue weighted by atomic mass is 32.2. The van der Waals surface area contributed by atoms with E-state index in [1.165, 1.54) is 28.9 Å². The summed E-state index contributed by atoms with van der Waals surface area (Å²) in [7, 11) is -2.39. The fourth-order valence-electron chi connectivity index (χ4n) is 2.84. The van der Waals surface area contributed by atoms with E-state index >= 15 is 0 Å². The highest BCUT2D eigenvalue weighted by Gasteiger charge is 2.30. The highest BCUT2D eigenvalue weighted by Crippen LogP contribution is 2.25. The lowest BCUT2D eigenvalue weighted by molar-refractivity contribution is 0.0601. The Bertz CT molecular complexity index is 924. The molecule has 0 saturated carbocycles. The van der Waals surface area contributed by atoms with Crippen molar-refractivity contribution in [2.75, 3.05) is 46.4 Å². The van der Waals surface area contributed by atoms with Gasteiger partial charge in [0.15, 0.2) is 11.6 Å². The van der Waals surface area contributed by atoms with E-state index in [9.17, 15) is 17.6 Å². The molecule has 7 nitrogen and oxygen atoms in total. The number of benzene rings is 1. The molecule has 1 saturated heterocycles. The van der Waals surface area contributed by atoms with Gasteiger partial charge in [-0.2, -0.15) is 4.31 Å². The lowest BCUT2D eigenvalue weighted by atomic mass is 10.3. The predicted molar refractivity (Wildman–Crippen MR) is 103 cm³/mol. The average Bonchev–Trinajstić information content (AvgIpc) is 3.20. The molecule has 0 N–H and O–H groups in total. The third kappa shape index (κ3) is 4.69. The predicted octanol–water partition coefficient (Wildman–Crippen LogP) is 2.06. The molecule has 1 aliphatic heterocycles. The van der Waals surface area contributed by atoms with Crippen molar-refractivity contribution < 1.29 is 27.1 Å². The van der Waals surface area contributed by atoms with Crippen molar-refractivity contribution in [3.05, 3.63) is 47.1 Å². The van der Waals surface area contributed by atoms with E-state index in [-0.39, 0.29) is 15.5 Å². The van der Waals surface area contributed by atoms with E-state index in [4.69, 9.17) is 4.74 Å². The SMILES string of the molecule is COC(=O)c1csc(S(=O)(=O)N2CCN(CCOc3ccccc3F)CC2)c1. The molecule has 1 aromatic carbocycles. The Morgan fingerprint density at radius 1 is 1.21 bits per heavy atom. The summed E-state index contributed by atoms with van der Waals surface area (Å²) in [5.41, 5.74) is 0.231. The maximum atomic E-state index is 13.5. The van der Waals surface area contributed by atoms with Crippen LogP contribution in [-0.2, 0) is 14.8 Å². The second-order valence-electron chi connectivity index (χ2n) is 6.17. The van der Waals surface area contributed by atoms with Crippen LogP contribution in [0.3, 0.4) is 0 Å². The third-order valence-corrected chi connectivity index (χ3v) is 7.74. The minimum atomic E-state index is -3.64. The number of hydrogen-bond donors (Lipinski definition) is 0. The molecule has 1 aromatic heterocycles. The summed E-state index contributed by atoms with van der Waals surface area (Å²) in [6, 6.07) is 7.57. The molecule has 0 amide bonds. The number of halogens is 1. The minimum Gasteiger partial charge on any atom is -0.489 e. The number of methoxy groups -OCH3 is 1. The van der Waals surface area contributed by atoms with Crippen molar-refractivity contribution in [1.29, 1.82) is 0 Å². The Hall–Kier alpha value is -2.01. The van der Waals surface area contributed by atoms with Crippen molar-refractivity contribution in [1.82, 2.24) is 9.21 Å². The number of nitrogens with zero attached hydrogens (tertiary/aromatic N) is 2. The maximum absolute atomic E-state index is 13.5. The Balaban J connectivity index is 1.51. The van der Waals surface area contributed by atoms with Crippen molar-refractivity contribution in [3.8, 4) is 5.75 Å². The zero-order valence-corrected chi connectivity index (χ0v) is 17.0. The van der Waals surface area contributed by atoms with Gasteiger partial charge < -0.3 is 9.47 Å². The van der Waals surface area contributed by atoms with Gasteiger partial charge in [-0.1, -0.05) is 12.1 Å². The van der Waals surface area contributed by atoms with Crippen molar-refractivity contribution in [2.45, 2.75) is 4.21 Å². The summed E-state index contributed by atoms with van der Waals surface area (Å²) in [5, 5.41) is 1.48. The van der Waals surface area contributed by atoms with E-state index in [0.29, 0.717) is 39.3 Å². The van der Waals surface area contributed by atoms with Crippen LogP contribution in [0.15, 0.2) is 39.9 Å². The van der Waals surface area contributed by atoms with Gasteiger partial charge >= 0.3 is 5.97 Å². The van der Waals surface area contributed by atoms with E-state index in [1.807, 2.05) is 0 Å². The quantitative estimate of drug-likeness (QED) is 0.629. The fourth-order valence-corrected chi connectivity index (χ4v) is 5.57. The summed E-state index contributed by atoms with van der Waals surface area (Å²) >= 11 is 1.01. The minimum absolute atomic E-state index is 0.129. The van der Waals surface area contributed by atoms with Crippen LogP contribution in [0, 0.1) is 5.82 Å². The largest absolute Gasteiger partial charge is 0.489 e. The molecule has 152 valence electrons. The molecule has 1 fully saturated rings. The topological polar surface area (TPSA) is 76.2 Å². The molecule has 0 atom stereocenters. The number of rotatable bonds is 7. The molecule has 2 heterocycles. The zero-order valence-electron chi connectivity index (χ0n) is 15.3. The fraction of sp³-hybridized carbons (Fsp3) is 0.389. The van der Waals surface area contributed by atoms with Crippen LogP contribution in [0.4, 0.5) is 4.39 Å². The smallest absolute Gasteiger partial charge is 0.338 e. The summed E-state index contributed by atoms with van der Waals surface area (Å²) in [6.07, 6.45) is 0. The standard InChI is InChI=1S/C18H21FN2O5S2/c1-25-18(22)14-12-17(27-13-14)28(23,24)21-8-6-20(7-9-21)10-11-26-16-5-3-2-4-15(16)19/h2-5,12-13H,6-11H2,1H3. The number of ether oxygens (including phenoxy) is 2. The number of thiophene rings is 1.